The molecule has 0 N–H and O–H groups in total. The van der Waals surface area contributed by atoms with Crippen molar-refractivity contribution in [2.45, 2.75) is 39.2 Å². The topological polar surface area (TPSA) is 43.4 Å². The van der Waals surface area contributed by atoms with Gasteiger partial charge in [0, 0.05) is 5.41 Å². The third-order valence-electron chi connectivity index (χ3n) is 4.25. The quantitative estimate of drug-likeness (QED) is 0.571. The van der Waals surface area contributed by atoms with Crippen LogP contribution in [0, 0.1) is 10.8 Å². The second-order valence-electron chi connectivity index (χ2n) is 4.78. The molecule has 2 fully saturated rings. The highest BCUT2D eigenvalue weighted by molar-refractivity contribution is 5.88. The number of esters is 1. The van der Waals surface area contributed by atoms with Crippen molar-refractivity contribution in [2.24, 2.45) is 10.8 Å². The lowest BCUT2D eigenvalue weighted by Crippen LogP contribution is -2.42. The summed E-state index contributed by atoms with van der Waals surface area (Å²) in [5.74, 6) is -0.243. The molecule has 3 nitrogen and oxygen atoms in total. The van der Waals surface area contributed by atoms with Crippen LogP contribution in [0.15, 0.2) is 0 Å². The van der Waals surface area contributed by atoms with E-state index in [9.17, 15) is 9.59 Å². The normalized spacial score (nSPS) is 46.2. The molecular weight excluding hydrogens is 168 g/mol. The van der Waals surface area contributed by atoms with Gasteiger partial charge in [-0.2, -0.15) is 0 Å². The van der Waals surface area contributed by atoms with Gasteiger partial charge in [0.1, 0.15) is 0 Å². The zero-order valence-corrected chi connectivity index (χ0v) is 8.14. The lowest BCUT2D eigenvalue weighted by Gasteiger charge is -2.31. The van der Waals surface area contributed by atoms with E-state index in [0.717, 1.165) is 6.42 Å². The summed E-state index contributed by atoms with van der Waals surface area (Å²) in [4.78, 5) is 22.4. The molecule has 1 heterocycles. The molecule has 0 aromatic rings. The number of rotatable bonds is 1. The Morgan fingerprint density at radius 1 is 1.31 bits per heavy atom. The van der Waals surface area contributed by atoms with E-state index in [1.54, 1.807) is 0 Å². The second kappa shape index (κ2) is 1.97. The van der Waals surface area contributed by atoms with E-state index in [4.69, 9.17) is 4.74 Å². The molecule has 1 saturated heterocycles. The first-order chi connectivity index (χ1) is 5.90. The van der Waals surface area contributed by atoms with Gasteiger partial charge >= 0.3 is 5.97 Å². The van der Waals surface area contributed by atoms with E-state index in [-0.39, 0.29) is 5.97 Å². The van der Waals surface area contributed by atoms with E-state index in [1.807, 2.05) is 27.1 Å². The van der Waals surface area contributed by atoms with Gasteiger partial charge in [0.15, 0.2) is 5.60 Å². The maximum atomic E-state index is 11.5. The van der Waals surface area contributed by atoms with Crippen LogP contribution in [0.5, 0.6) is 0 Å². The summed E-state index contributed by atoms with van der Waals surface area (Å²) in [6, 6.07) is 0. The van der Waals surface area contributed by atoms with Gasteiger partial charge in [-0.15, -0.1) is 0 Å². The standard InChI is InChI=1S/C10H13O3/c1-8(2)9(3)4-5-10(8,6-11)13-7(9)12/h4-5H2,1-3H3/t9?,10-/m1/s1. The average molecular weight is 181 g/mol. The Bertz CT molecular complexity index is 295. The Hall–Kier alpha value is -0.860. The minimum atomic E-state index is -0.973. The van der Waals surface area contributed by atoms with Gasteiger partial charge in [0.05, 0.1) is 5.41 Å². The van der Waals surface area contributed by atoms with Crippen molar-refractivity contribution in [1.29, 1.82) is 0 Å². The van der Waals surface area contributed by atoms with Crippen molar-refractivity contribution >= 4 is 12.3 Å². The number of hydrogen-bond donors (Lipinski definition) is 0. The van der Waals surface area contributed by atoms with Crippen LogP contribution in [0.3, 0.4) is 0 Å². The Morgan fingerprint density at radius 2 is 1.92 bits per heavy atom. The first-order valence-electron chi connectivity index (χ1n) is 4.52. The Balaban J connectivity index is 2.59. The zero-order chi connectivity index (χ0) is 9.91. The molecule has 1 unspecified atom stereocenters. The van der Waals surface area contributed by atoms with Crippen molar-refractivity contribution in [3.8, 4) is 0 Å². The molecule has 2 bridgehead atoms. The van der Waals surface area contributed by atoms with Crippen LogP contribution in [0.25, 0.3) is 0 Å². The van der Waals surface area contributed by atoms with Crippen LogP contribution < -0.4 is 0 Å². The van der Waals surface area contributed by atoms with Crippen molar-refractivity contribution in [3.63, 3.8) is 0 Å². The van der Waals surface area contributed by atoms with Crippen molar-refractivity contribution < 1.29 is 14.3 Å². The first-order valence-corrected chi connectivity index (χ1v) is 4.52. The van der Waals surface area contributed by atoms with E-state index >= 15 is 0 Å². The number of fused-ring (bicyclic) bond motifs is 2. The zero-order valence-electron chi connectivity index (χ0n) is 8.14. The SMILES string of the molecule is CC12CC[C@]([C]=O)(OC1=O)C2(C)C. The lowest BCUT2D eigenvalue weighted by molar-refractivity contribution is -0.155. The highest BCUT2D eigenvalue weighted by atomic mass is 16.6. The van der Waals surface area contributed by atoms with Crippen LogP contribution in [0.1, 0.15) is 33.6 Å². The van der Waals surface area contributed by atoms with Crippen LogP contribution in [-0.2, 0) is 14.3 Å². The molecule has 0 aromatic heterocycles. The Kier molecular flexibility index (Phi) is 1.32. The monoisotopic (exact) mass is 181 g/mol. The number of carbonyl (C=O) groups excluding carboxylic acids is 2. The maximum absolute atomic E-state index is 11.5. The molecule has 1 radical (unpaired) electrons. The van der Waals surface area contributed by atoms with Gasteiger partial charge in [-0.3, -0.25) is 9.59 Å². The summed E-state index contributed by atoms with van der Waals surface area (Å²) in [5, 5.41) is 0. The smallest absolute Gasteiger partial charge is 0.313 e. The summed E-state index contributed by atoms with van der Waals surface area (Å²) in [6.45, 7) is 5.70. The minimum absolute atomic E-state index is 0.243. The van der Waals surface area contributed by atoms with Crippen LogP contribution in [0.2, 0.25) is 0 Å². The summed E-state index contributed by atoms with van der Waals surface area (Å²) in [6.07, 6.45) is 3.27. The molecule has 0 amide bonds. The fraction of sp³-hybridized carbons (Fsp3) is 0.800. The average Bonchev–Trinajstić information content (AvgIpc) is 2.34. The fourth-order valence-electron chi connectivity index (χ4n) is 2.50. The highest BCUT2D eigenvalue weighted by Crippen LogP contribution is 2.64. The van der Waals surface area contributed by atoms with E-state index < -0.39 is 16.4 Å². The Morgan fingerprint density at radius 3 is 2.15 bits per heavy atom. The largest absolute Gasteiger partial charge is 0.449 e. The van der Waals surface area contributed by atoms with Crippen LogP contribution in [-0.4, -0.2) is 17.9 Å². The van der Waals surface area contributed by atoms with Gasteiger partial charge < -0.3 is 4.74 Å². The fourth-order valence-corrected chi connectivity index (χ4v) is 2.50. The Labute approximate surface area is 77.4 Å². The third-order valence-corrected chi connectivity index (χ3v) is 4.25. The van der Waals surface area contributed by atoms with Gasteiger partial charge in [0.2, 0.25) is 6.29 Å². The van der Waals surface area contributed by atoms with Gasteiger partial charge in [0.25, 0.3) is 0 Å². The summed E-state index contributed by atoms with van der Waals surface area (Å²) >= 11 is 0. The van der Waals surface area contributed by atoms with Crippen molar-refractivity contribution in [2.75, 3.05) is 0 Å². The molecular formula is C10H13O3. The first kappa shape index (κ1) is 8.73. The molecule has 13 heavy (non-hydrogen) atoms. The van der Waals surface area contributed by atoms with E-state index in [1.165, 1.54) is 0 Å². The number of hydrogen-bond acceptors (Lipinski definition) is 3. The molecule has 71 valence electrons. The molecule has 2 aliphatic rings. The third kappa shape index (κ3) is 0.640. The minimum Gasteiger partial charge on any atom is -0.449 e. The predicted molar refractivity (Wildman–Crippen MR) is 45.6 cm³/mol. The van der Waals surface area contributed by atoms with Gasteiger partial charge in [-0.05, 0) is 19.8 Å². The molecule has 2 atom stereocenters. The number of carbonyl (C=O) groups is 1. The molecule has 1 aliphatic heterocycles. The molecule has 3 heteroatoms. The summed E-state index contributed by atoms with van der Waals surface area (Å²) < 4.78 is 5.15. The summed E-state index contributed by atoms with van der Waals surface area (Å²) in [7, 11) is 0. The van der Waals surface area contributed by atoms with Crippen molar-refractivity contribution in [3.05, 3.63) is 0 Å². The lowest BCUT2D eigenvalue weighted by atomic mass is 9.67. The molecule has 0 spiro atoms. The summed E-state index contributed by atoms with van der Waals surface area (Å²) in [5.41, 5.74) is -1.89. The highest BCUT2D eigenvalue weighted by Gasteiger charge is 2.73. The van der Waals surface area contributed by atoms with Crippen LogP contribution in [0.4, 0.5) is 0 Å². The molecule has 2 rings (SSSR count). The van der Waals surface area contributed by atoms with E-state index in [0.29, 0.717) is 6.42 Å². The van der Waals surface area contributed by atoms with Crippen molar-refractivity contribution in [1.82, 2.24) is 0 Å². The van der Waals surface area contributed by atoms with Gasteiger partial charge in [-0.1, -0.05) is 13.8 Å². The predicted octanol–water partition coefficient (Wildman–Crippen LogP) is 1.22. The maximum Gasteiger partial charge on any atom is 0.313 e. The van der Waals surface area contributed by atoms with Crippen LogP contribution >= 0.6 is 0 Å². The molecule has 1 saturated carbocycles. The second-order valence-corrected chi connectivity index (χ2v) is 4.78. The van der Waals surface area contributed by atoms with Gasteiger partial charge in [-0.25, -0.2) is 0 Å². The molecule has 1 aliphatic carbocycles. The number of ether oxygens (including phenoxy) is 1. The van der Waals surface area contributed by atoms with E-state index in [2.05, 4.69) is 0 Å². The molecule has 0 aromatic carbocycles.